The van der Waals surface area contributed by atoms with Crippen LogP contribution in [-0.2, 0) is 6.54 Å². The van der Waals surface area contributed by atoms with Crippen LogP contribution < -0.4 is 4.74 Å². The van der Waals surface area contributed by atoms with Crippen molar-refractivity contribution in [2.24, 2.45) is 0 Å². The minimum absolute atomic E-state index is 0.337. The number of ether oxygens (including phenoxy) is 1. The average molecular weight is 262 g/mol. The Morgan fingerprint density at radius 1 is 1.44 bits per heavy atom. The minimum atomic E-state index is 0.337. The zero-order chi connectivity index (χ0) is 13.0. The fourth-order valence-electron chi connectivity index (χ4n) is 1.84. The van der Waals surface area contributed by atoms with Gasteiger partial charge in [0, 0.05) is 17.6 Å². The minimum Gasteiger partial charge on any atom is -0.497 e. The van der Waals surface area contributed by atoms with Gasteiger partial charge >= 0.3 is 0 Å². The van der Waals surface area contributed by atoms with Gasteiger partial charge in [-0.25, -0.2) is 4.98 Å². The molecule has 1 atom stereocenters. The van der Waals surface area contributed by atoms with Crippen LogP contribution in [0.1, 0.15) is 23.5 Å². The molecule has 2 aromatic rings. The third-order valence-corrected chi connectivity index (χ3v) is 3.87. The van der Waals surface area contributed by atoms with Crippen molar-refractivity contribution in [1.82, 2.24) is 9.88 Å². The maximum atomic E-state index is 5.26. The number of rotatable bonds is 5. The lowest BCUT2D eigenvalue weighted by Crippen LogP contribution is -2.21. The summed E-state index contributed by atoms with van der Waals surface area (Å²) < 4.78 is 5.26. The molecular weight excluding hydrogens is 244 g/mol. The lowest BCUT2D eigenvalue weighted by molar-refractivity contribution is 0.252. The predicted octanol–water partition coefficient (Wildman–Crippen LogP) is 3.34. The molecule has 1 aromatic carbocycles. The summed E-state index contributed by atoms with van der Waals surface area (Å²) in [5.41, 5.74) is 1.26. The molecule has 3 nitrogen and oxygen atoms in total. The Kier molecular flexibility index (Phi) is 4.33. The Hall–Kier alpha value is -1.39. The van der Waals surface area contributed by atoms with Gasteiger partial charge in [0.05, 0.1) is 13.7 Å². The summed E-state index contributed by atoms with van der Waals surface area (Å²) in [5.74, 6) is 0.905. The van der Waals surface area contributed by atoms with E-state index in [1.54, 1.807) is 18.4 Å². The van der Waals surface area contributed by atoms with Gasteiger partial charge in [0.25, 0.3) is 0 Å². The number of hydrogen-bond acceptors (Lipinski definition) is 4. The van der Waals surface area contributed by atoms with Crippen molar-refractivity contribution in [3.8, 4) is 5.75 Å². The first-order valence-electron chi connectivity index (χ1n) is 5.93. The van der Waals surface area contributed by atoms with Crippen LogP contribution in [-0.4, -0.2) is 24.0 Å². The van der Waals surface area contributed by atoms with Gasteiger partial charge in [-0.2, -0.15) is 0 Å². The summed E-state index contributed by atoms with van der Waals surface area (Å²) in [6, 6.07) is 8.55. The fraction of sp³-hybridized carbons (Fsp3) is 0.357. The molecule has 4 heteroatoms. The van der Waals surface area contributed by atoms with Crippen LogP contribution in [0.5, 0.6) is 5.75 Å². The SMILES string of the molecule is COc1cccc([C@@H](C)N(C)Cc2nccs2)c1. The van der Waals surface area contributed by atoms with Crippen LogP contribution in [0.3, 0.4) is 0 Å². The van der Waals surface area contributed by atoms with Crippen LogP contribution in [0, 0.1) is 0 Å². The topological polar surface area (TPSA) is 25.4 Å². The molecule has 1 aromatic heterocycles. The average Bonchev–Trinajstić information content (AvgIpc) is 2.90. The van der Waals surface area contributed by atoms with Gasteiger partial charge in [-0.15, -0.1) is 11.3 Å². The normalized spacial score (nSPS) is 12.7. The molecule has 1 heterocycles. The molecule has 0 fully saturated rings. The highest BCUT2D eigenvalue weighted by molar-refractivity contribution is 7.09. The van der Waals surface area contributed by atoms with Crippen LogP contribution in [0.4, 0.5) is 0 Å². The molecule has 0 amide bonds. The number of nitrogens with zero attached hydrogens (tertiary/aromatic N) is 2. The van der Waals surface area contributed by atoms with Crippen molar-refractivity contribution >= 4 is 11.3 Å². The molecule has 18 heavy (non-hydrogen) atoms. The Morgan fingerprint density at radius 3 is 2.94 bits per heavy atom. The number of methoxy groups -OCH3 is 1. The first-order valence-corrected chi connectivity index (χ1v) is 6.81. The summed E-state index contributed by atoms with van der Waals surface area (Å²) in [7, 11) is 3.81. The van der Waals surface area contributed by atoms with E-state index in [-0.39, 0.29) is 0 Å². The number of benzene rings is 1. The predicted molar refractivity (Wildman–Crippen MR) is 75.0 cm³/mol. The highest BCUT2D eigenvalue weighted by Crippen LogP contribution is 2.24. The van der Waals surface area contributed by atoms with Gasteiger partial charge in [-0.3, -0.25) is 4.90 Å². The number of hydrogen-bond donors (Lipinski definition) is 0. The van der Waals surface area contributed by atoms with Crippen molar-refractivity contribution in [3.63, 3.8) is 0 Å². The van der Waals surface area contributed by atoms with Gasteiger partial charge in [-0.1, -0.05) is 12.1 Å². The van der Waals surface area contributed by atoms with Crippen LogP contribution in [0.2, 0.25) is 0 Å². The van der Waals surface area contributed by atoms with Crippen molar-refractivity contribution in [2.45, 2.75) is 19.5 Å². The van der Waals surface area contributed by atoms with E-state index in [9.17, 15) is 0 Å². The van der Waals surface area contributed by atoms with Gasteiger partial charge in [0.2, 0.25) is 0 Å². The second kappa shape index (κ2) is 5.98. The fourth-order valence-corrected chi connectivity index (χ4v) is 2.52. The molecule has 0 radical (unpaired) electrons. The molecule has 0 unspecified atom stereocenters. The summed E-state index contributed by atoms with van der Waals surface area (Å²) in [6.07, 6.45) is 1.85. The van der Waals surface area contributed by atoms with E-state index in [1.807, 2.05) is 23.7 Å². The molecule has 0 spiro atoms. The third kappa shape index (κ3) is 3.09. The van der Waals surface area contributed by atoms with Gasteiger partial charge in [0.1, 0.15) is 10.8 Å². The van der Waals surface area contributed by atoms with Crippen LogP contribution in [0.15, 0.2) is 35.8 Å². The van der Waals surface area contributed by atoms with E-state index >= 15 is 0 Å². The molecule has 2 rings (SSSR count). The monoisotopic (exact) mass is 262 g/mol. The first kappa shape index (κ1) is 13.1. The molecule has 0 N–H and O–H groups in total. The quantitative estimate of drug-likeness (QED) is 0.826. The van der Waals surface area contributed by atoms with Crippen molar-refractivity contribution < 1.29 is 4.74 Å². The van der Waals surface area contributed by atoms with E-state index in [1.165, 1.54) is 5.56 Å². The van der Waals surface area contributed by atoms with E-state index in [0.29, 0.717) is 6.04 Å². The lowest BCUT2D eigenvalue weighted by atomic mass is 10.1. The Balaban J connectivity index is 2.07. The molecule has 0 aliphatic carbocycles. The Labute approximate surface area is 112 Å². The summed E-state index contributed by atoms with van der Waals surface area (Å²) in [5, 5.41) is 3.16. The maximum Gasteiger partial charge on any atom is 0.119 e. The van der Waals surface area contributed by atoms with Gasteiger partial charge < -0.3 is 4.74 Å². The second-order valence-corrected chi connectivity index (χ2v) is 5.27. The van der Waals surface area contributed by atoms with Crippen molar-refractivity contribution in [2.75, 3.05) is 14.2 Å². The molecule has 96 valence electrons. The molecule has 0 aliphatic heterocycles. The van der Waals surface area contributed by atoms with E-state index in [2.05, 4.69) is 36.0 Å². The highest BCUT2D eigenvalue weighted by atomic mass is 32.1. The Bertz CT molecular complexity index is 484. The molecular formula is C14H18N2OS. The highest BCUT2D eigenvalue weighted by Gasteiger charge is 2.13. The molecule has 0 saturated heterocycles. The zero-order valence-corrected chi connectivity index (χ0v) is 11.8. The smallest absolute Gasteiger partial charge is 0.119 e. The lowest BCUT2D eigenvalue weighted by Gasteiger charge is -2.24. The standard InChI is InChI=1S/C14H18N2OS/c1-11(12-5-4-6-13(9-12)17-3)16(2)10-14-15-7-8-18-14/h4-9,11H,10H2,1-3H3/t11-/m1/s1. The Morgan fingerprint density at radius 2 is 2.28 bits per heavy atom. The molecule has 0 saturated carbocycles. The molecule has 0 bridgehead atoms. The number of aromatic nitrogens is 1. The van der Waals surface area contributed by atoms with Crippen molar-refractivity contribution in [1.29, 1.82) is 0 Å². The van der Waals surface area contributed by atoms with Crippen LogP contribution >= 0.6 is 11.3 Å². The largest absolute Gasteiger partial charge is 0.497 e. The maximum absolute atomic E-state index is 5.26. The van der Waals surface area contributed by atoms with Gasteiger partial charge in [0.15, 0.2) is 0 Å². The zero-order valence-electron chi connectivity index (χ0n) is 11.0. The summed E-state index contributed by atoms with van der Waals surface area (Å²) in [6.45, 7) is 3.07. The first-order chi connectivity index (χ1) is 8.70. The second-order valence-electron chi connectivity index (χ2n) is 4.29. The van der Waals surface area contributed by atoms with Crippen molar-refractivity contribution in [3.05, 3.63) is 46.4 Å². The van der Waals surface area contributed by atoms with E-state index in [0.717, 1.165) is 17.3 Å². The summed E-state index contributed by atoms with van der Waals surface area (Å²) in [4.78, 5) is 6.60. The molecule has 0 aliphatic rings. The van der Waals surface area contributed by atoms with E-state index in [4.69, 9.17) is 4.74 Å². The summed E-state index contributed by atoms with van der Waals surface area (Å²) >= 11 is 1.69. The van der Waals surface area contributed by atoms with Crippen LogP contribution in [0.25, 0.3) is 0 Å². The number of thiazole rings is 1. The van der Waals surface area contributed by atoms with E-state index < -0.39 is 0 Å². The third-order valence-electron chi connectivity index (χ3n) is 3.11. The van der Waals surface area contributed by atoms with Gasteiger partial charge in [-0.05, 0) is 31.7 Å².